The Bertz CT molecular complexity index is 394. The van der Waals surface area contributed by atoms with Crippen LogP contribution in [0.5, 0.6) is 0 Å². The zero-order valence-corrected chi connectivity index (χ0v) is 11.1. The fraction of sp³-hybridized carbons (Fsp3) is 0.667. The van der Waals surface area contributed by atoms with Gasteiger partial charge < -0.3 is 0 Å². The van der Waals surface area contributed by atoms with E-state index >= 15 is 0 Å². The Kier molecular flexibility index (Phi) is 3.50. The quantitative estimate of drug-likeness (QED) is 0.743. The SMILES string of the molecule is CCC(C)(C)c1ccc(F)c(CCC2CC2)n1. The number of nitrogens with zero attached hydrogens (tertiary/aromatic N) is 1. The first-order valence-electron chi connectivity index (χ1n) is 6.69. The van der Waals surface area contributed by atoms with Crippen LogP contribution in [0.3, 0.4) is 0 Å². The summed E-state index contributed by atoms with van der Waals surface area (Å²) in [6.07, 6.45) is 5.56. The highest BCUT2D eigenvalue weighted by Gasteiger charge is 2.23. The van der Waals surface area contributed by atoms with Gasteiger partial charge in [-0.15, -0.1) is 0 Å². The summed E-state index contributed by atoms with van der Waals surface area (Å²) in [5.74, 6) is 0.695. The highest BCUT2D eigenvalue weighted by Crippen LogP contribution is 2.34. The van der Waals surface area contributed by atoms with Crippen LogP contribution in [0.25, 0.3) is 0 Å². The average Bonchev–Trinajstić information content (AvgIpc) is 3.11. The first-order valence-corrected chi connectivity index (χ1v) is 6.69. The number of aryl methyl sites for hydroxylation is 1. The van der Waals surface area contributed by atoms with Crippen LogP contribution in [0.1, 0.15) is 57.8 Å². The molecule has 1 aromatic rings. The maximum Gasteiger partial charge on any atom is 0.144 e. The molecule has 1 heterocycles. The molecule has 0 unspecified atom stereocenters. The van der Waals surface area contributed by atoms with Crippen LogP contribution in [0.2, 0.25) is 0 Å². The number of pyridine rings is 1. The van der Waals surface area contributed by atoms with E-state index in [-0.39, 0.29) is 11.2 Å². The van der Waals surface area contributed by atoms with Crippen molar-refractivity contribution in [2.45, 2.75) is 58.3 Å². The van der Waals surface area contributed by atoms with Crippen LogP contribution < -0.4 is 0 Å². The summed E-state index contributed by atoms with van der Waals surface area (Å²) in [5.41, 5.74) is 1.73. The second kappa shape index (κ2) is 4.75. The summed E-state index contributed by atoms with van der Waals surface area (Å²) < 4.78 is 13.7. The van der Waals surface area contributed by atoms with Crippen LogP contribution in [0.15, 0.2) is 12.1 Å². The summed E-state index contributed by atoms with van der Waals surface area (Å²) in [6, 6.07) is 3.42. The van der Waals surface area contributed by atoms with Crippen molar-refractivity contribution in [2.24, 2.45) is 5.92 Å². The van der Waals surface area contributed by atoms with Gasteiger partial charge in [0.15, 0.2) is 0 Å². The van der Waals surface area contributed by atoms with E-state index in [1.54, 1.807) is 6.07 Å². The molecule has 17 heavy (non-hydrogen) atoms. The van der Waals surface area contributed by atoms with E-state index < -0.39 is 0 Å². The minimum absolute atomic E-state index is 0.0437. The van der Waals surface area contributed by atoms with Crippen LogP contribution in [-0.2, 0) is 11.8 Å². The first-order chi connectivity index (χ1) is 8.03. The number of hydrogen-bond acceptors (Lipinski definition) is 1. The van der Waals surface area contributed by atoms with E-state index in [2.05, 4.69) is 25.8 Å². The fourth-order valence-corrected chi connectivity index (χ4v) is 1.97. The molecule has 0 radical (unpaired) electrons. The molecular weight excluding hydrogens is 213 g/mol. The summed E-state index contributed by atoms with van der Waals surface area (Å²) in [5, 5.41) is 0. The third kappa shape index (κ3) is 3.05. The number of halogens is 1. The Morgan fingerprint density at radius 1 is 1.35 bits per heavy atom. The van der Waals surface area contributed by atoms with Gasteiger partial charge in [0.25, 0.3) is 0 Å². The van der Waals surface area contributed by atoms with Gasteiger partial charge >= 0.3 is 0 Å². The van der Waals surface area contributed by atoms with Crippen molar-refractivity contribution >= 4 is 0 Å². The van der Waals surface area contributed by atoms with Gasteiger partial charge in [0.1, 0.15) is 5.82 Å². The normalized spacial score (nSPS) is 16.2. The molecule has 0 N–H and O–H groups in total. The van der Waals surface area contributed by atoms with Gasteiger partial charge in [0, 0.05) is 11.1 Å². The van der Waals surface area contributed by atoms with E-state index in [1.807, 2.05) is 6.07 Å². The minimum Gasteiger partial charge on any atom is -0.254 e. The second-order valence-corrected chi connectivity index (χ2v) is 5.84. The second-order valence-electron chi connectivity index (χ2n) is 5.84. The van der Waals surface area contributed by atoms with Crippen molar-refractivity contribution in [2.75, 3.05) is 0 Å². The Balaban J connectivity index is 2.15. The molecule has 0 atom stereocenters. The molecule has 2 heteroatoms. The fourth-order valence-electron chi connectivity index (χ4n) is 1.97. The zero-order chi connectivity index (χ0) is 12.5. The van der Waals surface area contributed by atoms with Gasteiger partial charge in [0.05, 0.1) is 5.69 Å². The van der Waals surface area contributed by atoms with Crippen molar-refractivity contribution in [3.8, 4) is 0 Å². The molecule has 1 nitrogen and oxygen atoms in total. The maximum absolute atomic E-state index is 13.7. The highest BCUT2D eigenvalue weighted by atomic mass is 19.1. The van der Waals surface area contributed by atoms with E-state index in [9.17, 15) is 4.39 Å². The average molecular weight is 235 g/mol. The predicted molar refractivity (Wildman–Crippen MR) is 68.6 cm³/mol. The van der Waals surface area contributed by atoms with Gasteiger partial charge in [-0.25, -0.2) is 4.39 Å². The molecule has 94 valence electrons. The van der Waals surface area contributed by atoms with Crippen LogP contribution >= 0.6 is 0 Å². The lowest BCUT2D eigenvalue weighted by molar-refractivity contribution is 0.481. The summed E-state index contributed by atoms with van der Waals surface area (Å²) in [6.45, 7) is 6.48. The van der Waals surface area contributed by atoms with E-state index in [0.717, 1.165) is 30.9 Å². The van der Waals surface area contributed by atoms with Crippen molar-refractivity contribution < 1.29 is 4.39 Å². The minimum atomic E-state index is -0.138. The van der Waals surface area contributed by atoms with E-state index in [1.165, 1.54) is 12.8 Å². The molecule has 0 bridgehead atoms. The molecule has 2 rings (SSSR count). The summed E-state index contributed by atoms with van der Waals surface area (Å²) in [4.78, 5) is 4.54. The smallest absolute Gasteiger partial charge is 0.144 e. The summed E-state index contributed by atoms with van der Waals surface area (Å²) >= 11 is 0. The van der Waals surface area contributed by atoms with Crippen LogP contribution in [0, 0.1) is 11.7 Å². The van der Waals surface area contributed by atoms with Gasteiger partial charge in [-0.05, 0) is 37.3 Å². The molecule has 1 fully saturated rings. The third-order valence-corrected chi connectivity index (χ3v) is 3.98. The molecule has 1 aromatic heterocycles. The zero-order valence-electron chi connectivity index (χ0n) is 11.1. The third-order valence-electron chi connectivity index (χ3n) is 3.98. The standard InChI is InChI=1S/C15H22FN/c1-4-15(2,3)14-10-8-12(16)13(17-14)9-7-11-5-6-11/h8,10-11H,4-7,9H2,1-3H3. The van der Waals surface area contributed by atoms with Crippen molar-refractivity contribution in [3.63, 3.8) is 0 Å². The molecule has 0 aromatic carbocycles. The van der Waals surface area contributed by atoms with Crippen molar-refractivity contribution in [1.82, 2.24) is 4.98 Å². The maximum atomic E-state index is 13.7. The largest absolute Gasteiger partial charge is 0.254 e. The Morgan fingerprint density at radius 2 is 2.06 bits per heavy atom. The van der Waals surface area contributed by atoms with Crippen molar-refractivity contribution in [3.05, 3.63) is 29.3 Å². The Labute approximate surface area is 103 Å². The van der Waals surface area contributed by atoms with Gasteiger partial charge in [-0.2, -0.15) is 0 Å². The highest BCUT2D eigenvalue weighted by molar-refractivity contribution is 5.20. The lowest BCUT2D eigenvalue weighted by Crippen LogP contribution is -2.18. The number of aromatic nitrogens is 1. The number of rotatable bonds is 5. The van der Waals surface area contributed by atoms with Gasteiger partial charge in [-0.3, -0.25) is 4.98 Å². The molecule has 0 spiro atoms. The predicted octanol–water partition coefficient (Wildman–Crippen LogP) is 4.25. The molecule has 1 aliphatic carbocycles. The lowest BCUT2D eigenvalue weighted by Gasteiger charge is -2.22. The summed E-state index contributed by atoms with van der Waals surface area (Å²) in [7, 11) is 0. The molecule has 1 saturated carbocycles. The lowest BCUT2D eigenvalue weighted by atomic mass is 9.86. The van der Waals surface area contributed by atoms with E-state index in [4.69, 9.17) is 0 Å². The van der Waals surface area contributed by atoms with Crippen LogP contribution in [-0.4, -0.2) is 4.98 Å². The van der Waals surface area contributed by atoms with Crippen molar-refractivity contribution in [1.29, 1.82) is 0 Å². The molecular formula is C15H22FN. The molecule has 0 saturated heterocycles. The topological polar surface area (TPSA) is 12.9 Å². The molecule has 0 aliphatic heterocycles. The molecule has 0 amide bonds. The van der Waals surface area contributed by atoms with Gasteiger partial charge in [-0.1, -0.05) is 33.6 Å². The Morgan fingerprint density at radius 3 is 2.65 bits per heavy atom. The van der Waals surface area contributed by atoms with Crippen LogP contribution in [0.4, 0.5) is 4.39 Å². The molecule has 1 aliphatic rings. The Hall–Kier alpha value is -0.920. The first kappa shape index (κ1) is 12.5. The van der Waals surface area contributed by atoms with E-state index in [0.29, 0.717) is 5.69 Å². The van der Waals surface area contributed by atoms with Gasteiger partial charge in [0.2, 0.25) is 0 Å². The monoisotopic (exact) mass is 235 g/mol. The number of hydrogen-bond donors (Lipinski definition) is 0.